The van der Waals surface area contributed by atoms with E-state index in [1.807, 2.05) is 13.8 Å². The van der Waals surface area contributed by atoms with E-state index >= 15 is 0 Å². The third kappa shape index (κ3) is 5.58. The van der Waals surface area contributed by atoms with Crippen LogP contribution in [0.4, 0.5) is 0 Å². The predicted octanol–water partition coefficient (Wildman–Crippen LogP) is -0.288. The molecule has 7 heteroatoms. The van der Waals surface area contributed by atoms with Crippen molar-refractivity contribution in [1.82, 2.24) is 16.0 Å². The third-order valence-corrected chi connectivity index (χ3v) is 2.85. The molecule has 16 heavy (non-hydrogen) atoms. The lowest BCUT2D eigenvalue weighted by Gasteiger charge is -2.11. The van der Waals surface area contributed by atoms with Gasteiger partial charge in [0.25, 0.3) is 0 Å². The van der Waals surface area contributed by atoms with E-state index in [1.54, 1.807) is 11.8 Å². The number of hydrogen-bond acceptors (Lipinski definition) is 4. The van der Waals surface area contributed by atoms with Crippen molar-refractivity contribution in [3.05, 3.63) is 0 Å². The number of nitrogens with one attached hydrogen (secondary N) is 3. The number of carbonyl (C=O) groups is 2. The summed E-state index contributed by atoms with van der Waals surface area (Å²) in [5.41, 5.74) is 0. The zero-order chi connectivity index (χ0) is 11.3. The van der Waals surface area contributed by atoms with Crippen LogP contribution < -0.4 is 16.0 Å². The van der Waals surface area contributed by atoms with E-state index in [0.29, 0.717) is 0 Å². The van der Waals surface area contributed by atoms with Crippen molar-refractivity contribution < 1.29 is 9.59 Å². The number of halogens is 1. The third-order valence-electron chi connectivity index (χ3n) is 1.91. The van der Waals surface area contributed by atoms with Crippen LogP contribution in [0.15, 0.2) is 0 Å². The minimum absolute atomic E-state index is 0. The van der Waals surface area contributed by atoms with Gasteiger partial charge in [0.2, 0.25) is 11.8 Å². The summed E-state index contributed by atoms with van der Waals surface area (Å²) in [5.74, 6) is 1.33. The number of rotatable bonds is 4. The first-order valence-electron chi connectivity index (χ1n) is 4.98. The Bertz CT molecular complexity index is 245. The number of carbonyl (C=O) groups excluding carboxylic acids is 2. The summed E-state index contributed by atoms with van der Waals surface area (Å²) in [5, 5.41) is 8.35. The second-order valence-corrected chi connectivity index (χ2v) is 4.74. The molecule has 1 rings (SSSR count). The van der Waals surface area contributed by atoms with Crippen molar-refractivity contribution >= 4 is 36.0 Å². The van der Waals surface area contributed by atoms with Gasteiger partial charge in [-0.3, -0.25) is 14.9 Å². The van der Waals surface area contributed by atoms with Gasteiger partial charge in [-0.25, -0.2) is 0 Å². The monoisotopic (exact) mass is 267 g/mol. The van der Waals surface area contributed by atoms with Gasteiger partial charge < -0.3 is 10.6 Å². The molecular formula is C9H18ClN3O2S. The highest BCUT2D eigenvalue weighted by Gasteiger charge is 2.22. The zero-order valence-corrected chi connectivity index (χ0v) is 11.0. The Hall–Kier alpha value is -0.460. The van der Waals surface area contributed by atoms with Crippen LogP contribution in [0, 0.1) is 0 Å². The first-order chi connectivity index (χ1) is 7.09. The highest BCUT2D eigenvalue weighted by atomic mass is 35.5. The van der Waals surface area contributed by atoms with E-state index in [2.05, 4.69) is 16.0 Å². The summed E-state index contributed by atoms with van der Waals surface area (Å²) in [6.07, 6.45) is 0. The molecule has 0 unspecified atom stereocenters. The first kappa shape index (κ1) is 15.5. The Morgan fingerprint density at radius 1 is 1.50 bits per heavy atom. The van der Waals surface area contributed by atoms with Crippen LogP contribution >= 0.6 is 24.2 Å². The van der Waals surface area contributed by atoms with Gasteiger partial charge in [-0.15, -0.1) is 24.2 Å². The summed E-state index contributed by atoms with van der Waals surface area (Å²) >= 11 is 1.68. The Kier molecular flexibility index (Phi) is 7.53. The van der Waals surface area contributed by atoms with Crippen LogP contribution in [0.25, 0.3) is 0 Å². The summed E-state index contributed by atoms with van der Waals surface area (Å²) < 4.78 is 0. The molecule has 0 spiro atoms. The number of hydrogen-bond donors (Lipinski definition) is 3. The quantitative estimate of drug-likeness (QED) is 0.655. The van der Waals surface area contributed by atoms with E-state index < -0.39 is 0 Å². The second-order valence-electron chi connectivity index (χ2n) is 3.71. The van der Waals surface area contributed by atoms with Crippen molar-refractivity contribution in [3.8, 4) is 0 Å². The summed E-state index contributed by atoms with van der Waals surface area (Å²) in [6, 6.07) is -0.0450. The first-order valence-corrected chi connectivity index (χ1v) is 6.13. The van der Waals surface area contributed by atoms with E-state index in [9.17, 15) is 9.59 Å². The molecule has 1 heterocycles. The lowest BCUT2D eigenvalue weighted by molar-refractivity contribution is -0.127. The topological polar surface area (TPSA) is 70.2 Å². The lowest BCUT2D eigenvalue weighted by Crippen LogP contribution is -2.46. The smallest absolute Gasteiger partial charge is 0.239 e. The lowest BCUT2D eigenvalue weighted by atomic mass is 10.3. The molecule has 0 aromatic rings. The molecule has 0 aromatic carbocycles. The van der Waals surface area contributed by atoms with Gasteiger partial charge >= 0.3 is 0 Å². The second kappa shape index (κ2) is 7.76. The molecule has 1 aliphatic heterocycles. The van der Waals surface area contributed by atoms with Gasteiger partial charge in [-0.05, 0) is 13.8 Å². The van der Waals surface area contributed by atoms with Gasteiger partial charge in [0.05, 0.1) is 12.6 Å². The molecule has 1 atom stereocenters. The molecule has 0 aliphatic carbocycles. The molecule has 0 saturated carbocycles. The molecular weight excluding hydrogens is 250 g/mol. The fourth-order valence-corrected chi connectivity index (χ4v) is 2.17. The van der Waals surface area contributed by atoms with Gasteiger partial charge in [0.1, 0.15) is 0 Å². The molecule has 2 amide bonds. The maximum absolute atomic E-state index is 11.5. The Labute approximate surface area is 106 Å². The van der Waals surface area contributed by atoms with Crippen molar-refractivity contribution in [1.29, 1.82) is 0 Å². The molecule has 1 saturated heterocycles. The largest absolute Gasteiger partial charge is 0.352 e. The van der Waals surface area contributed by atoms with Crippen LogP contribution in [-0.4, -0.2) is 42.1 Å². The molecule has 0 bridgehead atoms. The maximum atomic E-state index is 11.5. The Morgan fingerprint density at radius 3 is 2.69 bits per heavy atom. The highest BCUT2D eigenvalue weighted by Crippen LogP contribution is 2.08. The fraction of sp³-hybridized carbons (Fsp3) is 0.778. The van der Waals surface area contributed by atoms with Gasteiger partial charge in [0.15, 0.2) is 0 Å². The van der Waals surface area contributed by atoms with Gasteiger partial charge in [0, 0.05) is 17.7 Å². The summed E-state index contributed by atoms with van der Waals surface area (Å²) in [6.45, 7) is 3.82. The minimum atomic E-state index is -0.151. The fourth-order valence-electron chi connectivity index (χ4n) is 1.23. The van der Waals surface area contributed by atoms with E-state index in [4.69, 9.17) is 0 Å². The average molecular weight is 268 g/mol. The maximum Gasteiger partial charge on any atom is 0.239 e. The van der Waals surface area contributed by atoms with Gasteiger partial charge in [-0.2, -0.15) is 0 Å². The molecule has 1 fully saturated rings. The van der Waals surface area contributed by atoms with Crippen molar-refractivity contribution in [2.24, 2.45) is 0 Å². The minimum Gasteiger partial charge on any atom is -0.352 e. The zero-order valence-electron chi connectivity index (χ0n) is 9.41. The summed E-state index contributed by atoms with van der Waals surface area (Å²) in [4.78, 5) is 22.7. The van der Waals surface area contributed by atoms with Crippen molar-refractivity contribution in [2.75, 3.05) is 18.2 Å². The SMILES string of the molecule is CC(C)NC(=O)CNC(=O)[C@H]1CSCN1.Cl. The standard InChI is InChI=1S/C9H17N3O2S.ClH/c1-6(2)12-8(13)3-10-9(14)7-4-15-5-11-7;/h6-7,11H,3-5H2,1-2H3,(H,10,14)(H,12,13);1H/t7-;/m1./s1. The van der Waals surface area contributed by atoms with E-state index in [-0.39, 0.29) is 42.8 Å². The molecule has 1 aliphatic rings. The van der Waals surface area contributed by atoms with Crippen LogP contribution in [0.2, 0.25) is 0 Å². The predicted molar refractivity (Wildman–Crippen MR) is 67.8 cm³/mol. The van der Waals surface area contributed by atoms with E-state index in [0.717, 1.165) is 11.6 Å². The Balaban J connectivity index is 0.00000225. The van der Waals surface area contributed by atoms with Crippen LogP contribution in [0.5, 0.6) is 0 Å². The normalized spacial score (nSPS) is 19.1. The summed E-state index contributed by atoms with van der Waals surface area (Å²) in [7, 11) is 0. The van der Waals surface area contributed by atoms with Gasteiger partial charge in [-0.1, -0.05) is 0 Å². The Morgan fingerprint density at radius 2 is 2.19 bits per heavy atom. The van der Waals surface area contributed by atoms with Crippen LogP contribution in [-0.2, 0) is 9.59 Å². The molecule has 0 radical (unpaired) electrons. The van der Waals surface area contributed by atoms with Crippen molar-refractivity contribution in [2.45, 2.75) is 25.9 Å². The number of amides is 2. The number of thioether (sulfide) groups is 1. The molecule has 5 nitrogen and oxygen atoms in total. The molecule has 0 aromatic heterocycles. The highest BCUT2D eigenvalue weighted by molar-refractivity contribution is 7.99. The van der Waals surface area contributed by atoms with Crippen LogP contribution in [0.3, 0.4) is 0 Å². The average Bonchev–Trinajstić information content (AvgIpc) is 2.65. The molecule has 94 valence electrons. The van der Waals surface area contributed by atoms with Crippen molar-refractivity contribution in [3.63, 3.8) is 0 Å². The van der Waals surface area contributed by atoms with Crippen LogP contribution in [0.1, 0.15) is 13.8 Å². The molecule has 3 N–H and O–H groups in total. The van der Waals surface area contributed by atoms with E-state index in [1.165, 1.54) is 0 Å².